The molecule has 0 atom stereocenters. The van der Waals surface area contributed by atoms with E-state index in [9.17, 15) is 9.59 Å². The van der Waals surface area contributed by atoms with E-state index in [1.165, 1.54) is 0 Å². The summed E-state index contributed by atoms with van der Waals surface area (Å²) in [6.45, 7) is 9.27. The molecule has 0 bridgehead atoms. The van der Waals surface area contributed by atoms with Crippen molar-refractivity contribution >= 4 is 23.4 Å². The van der Waals surface area contributed by atoms with Gasteiger partial charge in [0.25, 0.3) is 5.91 Å². The van der Waals surface area contributed by atoms with Crippen LogP contribution in [0.15, 0.2) is 42.6 Å². The first-order chi connectivity index (χ1) is 14.0. The molecule has 2 heterocycles. The summed E-state index contributed by atoms with van der Waals surface area (Å²) < 4.78 is 5.07. The van der Waals surface area contributed by atoms with Gasteiger partial charge in [0, 0.05) is 50.3 Å². The third kappa shape index (κ3) is 4.85. The molecule has 2 aromatic rings. The number of piperazine rings is 1. The number of ether oxygens (including phenoxy) is 1. The minimum atomic E-state index is -0.269. The van der Waals surface area contributed by atoms with E-state index < -0.39 is 0 Å². The van der Waals surface area contributed by atoms with Gasteiger partial charge in [0.15, 0.2) is 0 Å². The number of nitrogens with zero attached hydrogens (tertiary/aromatic N) is 4. The maximum Gasteiger partial charge on any atom is 0.409 e. The molecule has 0 spiro atoms. The minimum absolute atomic E-state index is 0.120. The zero-order valence-corrected chi connectivity index (χ0v) is 17.3. The van der Waals surface area contributed by atoms with Crippen molar-refractivity contribution < 1.29 is 14.3 Å². The van der Waals surface area contributed by atoms with Gasteiger partial charge in [0.1, 0.15) is 5.69 Å². The van der Waals surface area contributed by atoms with Gasteiger partial charge < -0.3 is 19.4 Å². The number of hydrogen-bond donors (Lipinski definition) is 0. The quantitative estimate of drug-likeness (QED) is 0.776. The summed E-state index contributed by atoms with van der Waals surface area (Å²) in [6.07, 6.45) is 1.40. The van der Waals surface area contributed by atoms with Crippen molar-refractivity contribution in [1.29, 1.82) is 0 Å². The molecule has 0 aliphatic carbocycles. The summed E-state index contributed by atoms with van der Waals surface area (Å²) in [4.78, 5) is 34.9. The molecule has 2 amide bonds. The Morgan fingerprint density at radius 3 is 2.52 bits per heavy atom. The SMILES string of the molecule is CCOC(=O)N1CCN(c2ccnc(C(=O)N(CC)c3cccc(C)c3)c2)CC1. The van der Waals surface area contributed by atoms with Crippen LogP contribution in [-0.4, -0.2) is 61.2 Å². The Morgan fingerprint density at radius 1 is 1.10 bits per heavy atom. The fraction of sp³-hybridized carbons (Fsp3) is 0.409. The summed E-state index contributed by atoms with van der Waals surface area (Å²) in [5.41, 5.74) is 3.33. The van der Waals surface area contributed by atoms with Gasteiger partial charge in [-0.2, -0.15) is 0 Å². The number of carbonyl (C=O) groups is 2. The number of aromatic nitrogens is 1. The molecular formula is C22H28N4O3. The number of amides is 2. The van der Waals surface area contributed by atoms with Crippen molar-refractivity contribution in [1.82, 2.24) is 9.88 Å². The monoisotopic (exact) mass is 396 g/mol. The standard InChI is InChI=1S/C22H28N4O3/c1-4-26(19-8-6-7-17(3)15-19)21(27)20-16-18(9-10-23-20)24-11-13-25(14-12-24)22(28)29-5-2/h6-10,15-16H,4-5,11-14H2,1-3H3. The van der Waals surface area contributed by atoms with Crippen molar-refractivity contribution in [3.05, 3.63) is 53.9 Å². The Bertz CT molecular complexity index is 863. The highest BCUT2D eigenvalue weighted by Gasteiger charge is 2.23. The highest BCUT2D eigenvalue weighted by atomic mass is 16.6. The highest BCUT2D eigenvalue weighted by molar-refractivity contribution is 6.05. The zero-order chi connectivity index (χ0) is 20.8. The van der Waals surface area contributed by atoms with E-state index in [1.807, 2.05) is 50.2 Å². The smallest absolute Gasteiger partial charge is 0.409 e. The van der Waals surface area contributed by atoms with Crippen LogP contribution in [0.25, 0.3) is 0 Å². The lowest BCUT2D eigenvalue weighted by Gasteiger charge is -2.35. The van der Waals surface area contributed by atoms with Crippen LogP contribution >= 0.6 is 0 Å². The predicted molar refractivity (Wildman–Crippen MR) is 114 cm³/mol. The van der Waals surface area contributed by atoms with Crippen molar-refractivity contribution in [2.75, 3.05) is 49.1 Å². The molecule has 1 saturated heterocycles. The van der Waals surface area contributed by atoms with E-state index in [1.54, 1.807) is 22.9 Å². The summed E-state index contributed by atoms with van der Waals surface area (Å²) in [7, 11) is 0. The molecule has 1 aliphatic rings. The van der Waals surface area contributed by atoms with Gasteiger partial charge in [-0.15, -0.1) is 0 Å². The van der Waals surface area contributed by atoms with Gasteiger partial charge in [0.05, 0.1) is 6.61 Å². The third-order valence-electron chi connectivity index (χ3n) is 5.01. The van der Waals surface area contributed by atoms with Crippen molar-refractivity contribution in [2.24, 2.45) is 0 Å². The molecule has 154 valence electrons. The lowest BCUT2D eigenvalue weighted by atomic mass is 10.2. The minimum Gasteiger partial charge on any atom is -0.450 e. The topological polar surface area (TPSA) is 66.0 Å². The molecule has 0 radical (unpaired) electrons. The van der Waals surface area contributed by atoms with Crippen LogP contribution < -0.4 is 9.80 Å². The van der Waals surface area contributed by atoms with Gasteiger partial charge in [0.2, 0.25) is 0 Å². The van der Waals surface area contributed by atoms with Gasteiger partial charge >= 0.3 is 6.09 Å². The Hall–Kier alpha value is -3.09. The maximum absolute atomic E-state index is 13.1. The van der Waals surface area contributed by atoms with Crippen LogP contribution in [0.2, 0.25) is 0 Å². The average Bonchev–Trinajstić information content (AvgIpc) is 2.75. The molecular weight excluding hydrogens is 368 g/mol. The Morgan fingerprint density at radius 2 is 1.86 bits per heavy atom. The number of pyridine rings is 1. The predicted octanol–water partition coefficient (Wildman–Crippen LogP) is 3.34. The molecule has 0 N–H and O–H groups in total. The van der Waals surface area contributed by atoms with Gasteiger partial charge in [-0.25, -0.2) is 4.79 Å². The van der Waals surface area contributed by atoms with Crippen molar-refractivity contribution in [2.45, 2.75) is 20.8 Å². The Balaban J connectivity index is 1.72. The summed E-state index contributed by atoms with van der Waals surface area (Å²) in [5, 5.41) is 0. The maximum atomic E-state index is 13.1. The number of anilines is 2. The van der Waals surface area contributed by atoms with E-state index in [0.29, 0.717) is 45.0 Å². The van der Waals surface area contributed by atoms with Crippen molar-refractivity contribution in [3.63, 3.8) is 0 Å². The van der Waals surface area contributed by atoms with Crippen molar-refractivity contribution in [3.8, 4) is 0 Å². The first kappa shape index (κ1) is 20.6. The normalized spacial score (nSPS) is 13.9. The van der Waals surface area contributed by atoms with Gasteiger partial charge in [-0.1, -0.05) is 12.1 Å². The second-order valence-electron chi connectivity index (χ2n) is 6.96. The van der Waals surface area contributed by atoms with E-state index >= 15 is 0 Å². The second kappa shape index (κ2) is 9.41. The van der Waals surface area contributed by atoms with Crippen LogP contribution in [0.5, 0.6) is 0 Å². The van der Waals surface area contributed by atoms with E-state index in [2.05, 4.69) is 9.88 Å². The molecule has 1 fully saturated rings. The lowest BCUT2D eigenvalue weighted by molar-refractivity contribution is 0.0983. The fourth-order valence-electron chi connectivity index (χ4n) is 3.47. The average molecular weight is 396 g/mol. The summed E-state index contributed by atoms with van der Waals surface area (Å²) >= 11 is 0. The Kier molecular flexibility index (Phi) is 6.69. The lowest BCUT2D eigenvalue weighted by Crippen LogP contribution is -2.49. The summed E-state index contributed by atoms with van der Waals surface area (Å²) in [5.74, 6) is -0.120. The first-order valence-corrected chi connectivity index (χ1v) is 10.0. The number of aryl methyl sites for hydroxylation is 1. The molecule has 1 aromatic carbocycles. The molecule has 29 heavy (non-hydrogen) atoms. The third-order valence-corrected chi connectivity index (χ3v) is 5.01. The van der Waals surface area contributed by atoms with Crippen LogP contribution in [-0.2, 0) is 4.74 Å². The largest absolute Gasteiger partial charge is 0.450 e. The molecule has 7 heteroatoms. The molecule has 7 nitrogen and oxygen atoms in total. The van der Waals surface area contributed by atoms with Gasteiger partial charge in [-0.05, 0) is 50.6 Å². The fourth-order valence-corrected chi connectivity index (χ4v) is 3.47. The van der Waals surface area contributed by atoms with E-state index in [4.69, 9.17) is 4.74 Å². The number of hydrogen-bond acceptors (Lipinski definition) is 5. The van der Waals surface area contributed by atoms with Crippen LogP contribution in [0.1, 0.15) is 29.9 Å². The first-order valence-electron chi connectivity index (χ1n) is 10.0. The number of carbonyl (C=O) groups excluding carboxylic acids is 2. The Labute approximate surface area is 171 Å². The highest BCUT2D eigenvalue weighted by Crippen LogP contribution is 2.21. The zero-order valence-electron chi connectivity index (χ0n) is 17.3. The van der Waals surface area contributed by atoms with E-state index in [-0.39, 0.29) is 12.0 Å². The van der Waals surface area contributed by atoms with Gasteiger partial charge in [-0.3, -0.25) is 9.78 Å². The summed E-state index contributed by atoms with van der Waals surface area (Å²) in [6, 6.07) is 11.6. The second-order valence-corrected chi connectivity index (χ2v) is 6.96. The molecule has 1 aromatic heterocycles. The molecule has 0 saturated carbocycles. The molecule has 1 aliphatic heterocycles. The molecule has 3 rings (SSSR count). The number of benzene rings is 1. The van der Waals surface area contributed by atoms with Crippen LogP contribution in [0.3, 0.4) is 0 Å². The molecule has 0 unspecified atom stereocenters. The van der Waals surface area contributed by atoms with E-state index in [0.717, 1.165) is 16.9 Å². The number of rotatable bonds is 5. The van der Waals surface area contributed by atoms with Crippen LogP contribution in [0, 0.1) is 6.92 Å². The van der Waals surface area contributed by atoms with Crippen LogP contribution in [0.4, 0.5) is 16.2 Å².